The predicted octanol–water partition coefficient (Wildman–Crippen LogP) is 4.76. The first kappa shape index (κ1) is 25.2. The van der Waals surface area contributed by atoms with Gasteiger partial charge in [0.2, 0.25) is 5.91 Å². The highest BCUT2D eigenvalue weighted by molar-refractivity contribution is 6.30. The SMILES string of the molecule is COCCN1C(=O)c2ccccc2C(C(=O)N2CCN(c3cccc(Cl)c3)CC2)C1c1ccc(F)cc1. The molecule has 192 valence electrons. The van der Waals surface area contributed by atoms with Gasteiger partial charge in [-0.15, -0.1) is 0 Å². The number of fused-ring (bicyclic) bond motifs is 1. The monoisotopic (exact) mass is 521 g/mol. The summed E-state index contributed by atoms with van der Waals surface area (Å²) in [5.74, 6) is -1.18. The summed E-state index contributed by atoms with van der Waals surface area (Å²) in [6.45, 7) is 3.09. The highest BCUT2D eigenvalue weighted by Gasteiger charge is 2.45. The quantitative estimate of drug-likeness (QED) is 0.469. The maximum atomic E-state index is 14.2. The number of anilines is 1. The maximum Gasteiger partial charge on any atom is 0.254 e. The Hall–Kier alpha value is -3.42. The number of carbonyl (C=O) groups excluding carboxylic acids is 2. The van der Waals surface area contributed by atoms with Crippen LogP contribution in [0.3, 0.4) is 0 Å². The molecule has 0 bridgehead atoms. The molecule has 6 nitrogen and oxygen atoms in total. The fourth-order valence-electron chi connectivity index (χ4n) is 5.38. The molecule has 3 aromatic rings. The minimum absolute atomic E-state index is 0.0394. The third-order valence-corrected chi connectivity index (χ3v) is 7.45. The normalized spacial score (nSPS) is 19.6. The van der Waals surface area contributed by atoms with Gasteiger partial charge in [0, 0.05) is 56.1 Å². The Balaban J connectivity index is 1.48. The maximum absolute atomic E-state index is 14.2. The van der Waals surface area contributed by atoms with Gasteiger partial charge in [0.1, 0.15) is 5.82 Å². The Morgan fingerprint density at radius 1 is 1.00 bits per heavy atom. The fourth-order valence-corrected chi connectivity index (χ4v) is 5.56. The number of benzene rings is 3. The van der Waals surface area contributed by atoms with Crippen LogP contribution in [0.4, 0.5) is 10.1 Å². The van der Waals surface area contributed by atoms with E-state index in [-0.39, 0.29) is 17.6 Å². The molecule has 2 unspecified atom stereocenters. The molecule has 1 fully saturated rings. The van der Waals surface area contributed by atoms with Crippen LogP contribution in [0.1, 0.15) is 33.4 Å². The van der Waals surface area contributed by atoms with Crippen LogP contribution in [0, 0.1) is 5.82 Å². The lowest BCUT2D eigenvalue weighted by Gasteiger charge is -2.44. The fraction of sp³-hybridized carbons (Fsp3) is 0.310. The molecule has 0 aliphatic carbocycles. The van der Waals surface area contributed by atoms with E-state index in [1.54, 1.807) is 30.2 Å². The summed E-state index contributed by atoms with van der Waals surface area (Å²) < 4.78 is 19.1. The van der Waals surface area contributed by atoms with E-state index in [4.69, 9.17) is 16.3 Å². The first-order valence-corrected chi connectivity index (χ1v) is 12.8. The molecule has 5 rings (SSSR count). The molecule has 0 aromatic heterocycles. The largest absolute Gasteiger partial charge is 0.383 e. The van der Waals surface area contributed by atoms with E-state index < -0.39 is 12.0 Å². The highest BCUT2D eigenvalue weighted by Crippen LogP contribution is 2.43. The second-order valence-corrected chi connectivity index (χ2v) is 9.78. The third-order valence-electron chi connectivity index (χ3n) is 7.22. The number of amides is 2. The van der Waals surface area contributed by atoms with Gasteiger partial charge in [0.05, 0.1) is 18.6 Å². The molecule has 37 heavy (non-hydrogen) atoms. The van der Waals surface area contributed by atoms with Crippen LogP contribution in [0.2, 0.25) is 5.02 Å². The van der Waals surface area contributed by atoms with Crippen molar-refractivity contribution < 1.29 is 18.7 Å². The number of rotatable bonds is 6. The van der Waals surface area contributed by atoms with Crippen molar-refractivity contribution in [1.82, 2.24) is 9.80 Å². The Kier molecular flexibility index (Phi) is 7.44. The zero-order valence-electron chi connectivity index (χ0n) is 20.6. The summed E-state index contributed by atoms with van der Waals surface area (Å²) in [5, 5.41) is 0.678. The van der Waals surface area contributed by atoms with Crippen molar-refractivity contribution >= 4 is 29.1 Å². The molecule has 2 amide bonds. The standard InChI is InChI=1S/C29H29ClFN3O3/c1-37-18-17-34-27(20-9-11-22(31)12-10-20)26(24-7-2-3-8-25(24)28(34)35)29(36)33-15-13-32(14-16-33)23-6-4-5-21(30)19-23/h2-12,19,26-27H,13-18H2,1H3. The van der Waals surface area contributed by atoms with Gasteiger partial charge in [-0.05, 0) is 47.5 Å². The Bertz CT molecular complexity index is 1280. The molecule has 2 atom stereocenters. The summed E-state index contributed by atoms with van der Waals surface area (Å²) in [7, 11) is 1.58. The number of piperazine rings is 1. The number of hydrogen-bond acceptors (Lipinski definition) is 4. The number of nitrogens with zero attached hydrogens (tertiary/aromatic N) is 3. The van der Waals surface area contributed by atoms with Gasteiger partial charge in [-0.2, -0.15) is 0 Å². The van der Waals surface area contributed by atoms with Crippen LogP contribution in [0.5, 0.6) is 0 Å². The van der Waals surface area contributed by atoms with Gasteiger partial charge in [0.25, 0.3) is 5.91 Å². The molecule has 0 saturated carbocycles. The summed E-state index contributed by atoms with van der Waals surface area (Å²) in [6.07, 6.45) is 0. The van der Waals surface area contributed by atoms with Crippen LogP contribution >= 0.6 is 11.6 Å². The van der Waals surface area contributed by atoms with Crippen molar-refractivity contribution in [3.05, 3.63) is 100 Å². The molecule has 2 heterocycles. The minimum atomic E-state index is -0.617. The minimum Gasteiger partial charge on any atom is -0.383 e. The number of halogens is 2. The van der Waals surface area contributed by atoms with Gasteiger partial charge >= 0.3 is 0 Å². The molecule has 0 radical (unpaired) electrons. The van der Waals surface area contributed by atoms with Gasteiger partial charge in [-0.25, -0.2) is 4.39 Å². The number of carbonyl (C=O) groups is 2. The first-order chi connectivity index (χ1) is 18.0. The summed E-state index contributed by atoms with van der Waals surface area (Å²) in [4.78, 5) is 33.6. The molecule has 8 heteroatoms. The number of hydrogen-bond donors (Lipinski definition) is 0. The number of ether oxygens (including phenoxy) is 1. The lowest BCUT2D eigenvalue weighted by Crippen LogP contribution is -2.53. The van der Waals surface area contributed by atoms with E-state index in [9.17, 15) is 14.0 Å². The van der Waals surface area contributed by atoms with Crippen LogP contribution < -0.4 is 4.90 Å². The Morgan fingerprint density at radius 3 is 2.43 bits per heavy atom. The van der Waals surface area contributed by atoms with Gasteiger partial charge in [0.15, 0.2) is 0 Å². The molecule has 2 aliphatic rings. The lowest BCUT2D eigenvalue weighted by molar-refractivity contribution is -0.135. The van der Waals surface area contributed by atoms with Crippen LogP contribution in [0.15, 0.2) is 72.8 Å². The molecular weight excluding hydrogens is 493 g/mol. The van der Waals surface area contributed by atoms with Crippen LogP contribution in [-0.4, -0.2) is 68.1 Å². The van der Waals surface area contributed by atoms with E-state index in [1.807, 2.05) is 47.4 Å². The van der Waals surface area contributed by atoms with Crippen LogP contribution in [-0.2, 0) is 9.53 Å². The summed E-state index contributed by atoms with van der Waals surface area (Å²) in [5.41, 5.74) is 2.98. The Labute approximate surface area is 221 Å². The van der Waals surface area contributed by atoms with Gasteiger partial charge in [-0.1, -0.05) is 48.0 Å². The van der Waals surface area contributed by atoms with Crippen molar-refractivity contribution in [2.45, 2.75) is 12.0 Å². The first-order valence-electron chi connectivity index (χ1n) is 12.4. The molecular formula is C29H29ClFN3O3. The third kappa shape index (κ3) is 5.06. The van der Waals surface area contributed by atoms with Crippen molar-refractivity contribution in [3.63, 3.8) is 0 Å². The molecule has 0 spiro atoms. The molecule has 2 aliphatic heterocycles. The van der Waals surface area contributed by atoms with Gasteiger partial charge in [-0.3, -0.25) is 9.59 Å². The molecule has 0 N–H and O–H groups in total. The second kappa shape index (κ2) is 10.9. The van der Waals surface area contributed by atoms with E-state index >= 15 is 0 Å². The van der Waals surface area contributed by atoms with E-state index in [1.165, 1.54) is 12.1 Å². The zero-order chi connectivity index (χ0) is 25.9. The van der Waals surface area contributed by atoms with Crippen LogP contribution in [0.25, 0.3) is 0 Å². The number of methoxy groups -OCH3 is 1. The summed E-state index contributed by atoms with van der Waals surface area (Å²) in [6, 6.07) is 20.5. The summed E-state index contributed by atoms with van der Waals surface area (Å²) >= 11 is 6.18. The van der Waals surface area contributed by atoms with E-state index in [0.29, 0.717) is 55.5 Å². The van der Waals surface area contributed by atoms with Crippen molar-refractivity contribution in [2.24, 2.45) is 0 Å². The van der Waals surface area contributed by atoms with Crippen molar-refractivity contribution in [3.8, 4) is 0 Å². The van der Waals surface area contributed by atoms with Crippen molar-refractivity contribution in [1.29, 1.82) is 0 Å². The topological polar surface area (TPSA) is 53.1 Å². The second-order valence-electron chi connectivity index (χ2n) is 9.34. The predicted molar refractivity (Wildman–Crippen MR) is 141 cm³/mol. The van der Waals surface area contributed by atoms with Gasteiger partial charge < -0.3 is 19.4 Å². The Morgan fingerprint density at radius 2 is 1.73 bits per heavy atom. The smallest absolute Gasteiger partial charge is 0.254 e. The lowest BCUT2D eigenvalue weighted by atomic mass is 9.78. The van der Waals surface area contributed by atoms with E-state index in [2.05, 4.69) is 4.90 Å². The van der Waals surface area contributed by atoms with E-state index in [0.717, 1.165) is 11.3 Å². The molecule has 3 aromatic carbocycles. The highest BCUT2D eigenvalue weighted by atomic mass is 35.5. The molecule has 1 saturated heterocycles. The average Bonchev–Trinajstić information content (AvgIpc) is 2.93. The van der Waals surface area contributed by atoms with Crippen molar-refractivity contribution in [2.75, 3.05) is 51.3 Å². The zero-order valence-corrected chi connectivity index (χ0v) is 21.4. The average molecular weight is 522 g/mol.